The lowest BCUT2D eigenvalue weighted by atomic mass is 10.2. The van der Waals surface area contributed by atoms with Crippen molar-refractivity contribution in [3.8, 4) is 11.8 Å². The minimum atomic E-state index is -0.565. The minimum Gasteiger partial charge on any atom is -0.499 e. The minimum absolute atomic E-state index is 0.268. The topological polar surface area (TPSA) is 38.7 Å². The van der Waals surface area contributed by atoms with Crippen molar-refractivity contribution >= 4 is 0 Å². The van der Waals surface area contributed by atoms with E-state index in [-0.39, 0.29) is 6.61 Å². The standard InChI is InChI=1S/C15H18O3/c1-2-17-11-12-18-13-15(16)10-6-9-14-7-4-3-5-8-14/h2-5,7-8,15-16H,1,10-13H2. The monoisotopic (exact) mass is 246 g/mol. The van der Waals surface area contributed by atoms with Crippen LogP contribution in [0.15, 0.2) is 43.2 Å². The summed E-state index contributed by atoms with van der Waals surface area (Å²) in [6.45, 7) is 4.58. The number of aliphatic hydroxyl groups excluding tert-OH is 1. The molecule has 0 heterocycles. The molecule has 3 nitrogen and oxygen atoms in total. The fraction of sp³-hybridized carbons (Fsp3) is 0.333. The first kappa shape index (κ1) is 14.3. The second-order valence-electron chi connectivity index (χ2n) is 3.64. The molecule has 0 spiro atoms. The lowest BCUT2D eigenvalue weighted by Crippen LogP contribution is -2.16. The lowest BCUT2D eigenvalue weighted by Gasteiger charge is -2.07. The van der Waals surface area contributed by atoms with E-state index in [4.69, 9.17) is 9.47 Å². The van der Waals surface area contributed by atoms with E-state index < -0.39 is 6.10 Å². The SMILES string of the molecule is C=COCCOCC(O)CC#Cc1ccccc1. The van der Waals surface area contributed by atoms with Crippen molar-refractivity contribution in [1.29, 1.82) is 0 Å². The van der Waals surface area contributed by atoms with Gasteiger partial charge in [0.2, 0.25) is 0 Å². The molecular formula is C15H18O3. The molecule has 1 unspecified atom stereocenters. The van der Waals surface area contributed by atoms with Crippen LogP contribution < -0.4 is 0 Å². The van der Waals surface area contributed by atoms with Gasteiger partial charge in [0.05, 0.1) is 25.6 Å². The molecule has 3 heteroatoms. The maximum atomic E-state index is 9.60. The molecule has 0 saturated carbocycles. The molecule has 0 fully saturated rings. The largest absolute Gasteiger partial charge is 0.499 e. The molecule has 1 atom stereocenters. The Bertz CT molecular complexity index is 389. The summed E-state index contributed by atoms with van der Waals surface area (Å²) in [5.41, 5.74) is 0.949. The molecule has 0 radical (unpaired) electrons. The van der Waals surface area contributed by atoms with Gasteiger partial charge in [-0.1, -0.05) is 36.6 Å². The summed E-state index contributed by atoms with van der Waals surface area (Å²) in [6, 6.07) is 9.68. The first-order valence-electron chi connectivity index (χ1n) is 5.85. The third kappa shape index (κ3) is 6.74. The smallest absolute Gasteiger partial charge is 0.111 e. The second kappa shape index (κ2) is 9.29. The summed E-state index contributed by atoms with van der Waals surface area (Å²) in [5, 5.41) is 9.60. The van der Waals surface area contributed by atoms with Gasteiger partial charge < -0.3 is 14.6 Å². The van der Waals surface area contributed by atoms with Crippen LogP contribution in [0.5, 0.6) is 0 Å². The summed E-state index contributed by atoms with van der Waals surface area (Å²) in [7, 11) is 0. The summed E-state index contributed by atoms with van der Waals surface area (Å²) < 4.78 is 10.1. The second-order valence-corrected chi connectivity index (χ2v) is 3.64. The third-order valence-electron chi connectivity index (χ3n) is 2.12. The molecule has 0 saturated heterocycles. The summed E-state index contributed by atoms with van der Waals surface area (Å²) in [4.78, 5) is 0. The van der Waals surface area contributed by atoms with Crippen LogP contribution in [-0.4, -0.2) is 31.0 Å². The van der Waals surface area contributed by atoms with Crippen LogP contribution in [0, 0.1) is 11.8 Å². The van der Waals surface area contributed by atoms with E-state index in [1.165, 1.54) is 6.26 Å². The Morgan fingerprint density at radius 1 is 1.28 bits per heavy atom. The van der Waals surface area contributed by atoms with Crippen molar-refractivity contribution in [2.75, 3.05) is 19.8 Å². The highest BCUT2D eigenvalue weighted by Crippen LogP contribution is 1.96. The predicted octanol–water partition coefficient (Wildman–Crippen LogP) is 1.97. The third-order valence-corrected chi connectivity index (χ3v) is 2.12. The van der Waals surface area contributed by atoms with Crippen LogP contribution >= 0.6 is 0 Å². The molecule has 1 rings (SSSR count). The molecular weight excluding hydrogens is 228 g/mol. The predicted molar refractivity (Wildman–Crippen MR) is 70.9 cm³/mol. The van der Waals surface area contributed by atoms with Crippen molar-refractivity contribution in [2.24, 2.45) is 0 Å². The first-order chi connectivity index (χ1) is 8.83. The summed E-state index contributed by atoms with van der Waals surface area (Å²) >= 11 is 0. The van der Waals surface area contributed by atoms with E-state index in [1.54, 1.807) is 0 Å². The molecule has 0 aromatic heterocycles. The molecule has 1 aromatic carbocycles. The first-order valence-corrected chi connectivity index (χ1v) is 5.85. The number of ether oxygens (including phenoxy) is 2. The average molecular weight is 246 g/mol. The average Bonchev–Trinajstić information content (AvgIpc) is 2.40. The summed E-state index contributed by atoms with van der Waals surface area (Å²) in [6.07, 6.45) is 1.20. The van der Waals surface area contributed by atoms with Crippen molar-refractivity contribution in [3.63, 3.8) is 0 Å². The fourth-order valence-corrected chi connectivity index (χ4v) is 1.26. The maximum absolute atomic E-state index is 9.60. The number of hydrogen-bond donors (Lipinski definition) is 1. The Labute approximate surface area is 108 Å². The van der Waals surface area contributed by atoms with Gasteiger partial charge in [-0.05, 0) is 12.1 Å². The van der Waals surface area contributed by atoms with E-state index in [0.717, 1.165) is 5.56 Å². The molecule has 0 aliphatic heterocycles. The molecule has 1 N–H and O–H groups in total. The fourth-order valence-electron chi connectivity index (χ4n) is 1.26. The quantitative estimate of drug-likeness (QED) is 0.454. The van der Waals surface area contributed by atoms with Gasteiger partial charge in [0.15, 0.2) is 0 Å². The van der Waals surface area contributed by atoms with Crippen molar-refractivity contribution < 1.29 is 14.6 Å². The maximum Gasteiger partial charge on any atom is 0.111 e. The Hall–Kier alpha value is -1.76. The zero-order valence-corrected chi connectivity index (χ0v) is 10.3. The van der Waals surface area contributed by atoms with Crippen LogP contribution in [0.3, 0.4) is 0 Å². The van der Waals surface area contributed by atoms with Crippen LogP contribution in [0.4, 0.5) is 0 Å². The Balaban J connectivity index is 2.15. The van der Waals surface area contributed by atoms with Gasteiger partial charge in [-0.25, -0.2) is 0 Å². The van der Waals surface area contributed by atoms with Crippen LogP contribution in [0.2, 0.25) is 0 Å². The number of benzene rings is 1. The number of rotatable bonds is 7. The van der Waals surface area contributed by atoms with Gasteiger partial charge in [-0.2, -0.15) is 0 Å². The number of hydrogen-bond acceptors (Lipinski definition) is 3. The molecule has 0 aliphatic carbocycles. The molecule has 0 aliphatic rings. The normalized spacial score (nSPS) is 11.2. The van der Waals surface area contributed by atoms with Gasteiger partial charge in [0, 0.05) is 12.0 Å². The molecule has 0 bridgehead atoms. The van der Waals surface area contributed by atoms with Crippen LogP contribution in [-0.2, 0) is 9.47 Å². The van der Waals surface area contributed by atoms with Crippen molar-refractivity contribution in [2.45, 2.75) is 12.5 Å². The van der Waals surface area contributed by atoms with E-state index in [1.807, 2.05) is 30.3 Å². The molecule has 18 heavy (non-hydrogen) atoms. The van der Waals surface area contributed by atoms with Gasteiger partial charge in [-0.15, -0.1) is 0 Å². The highest BCUT2D eigenvalue weighted by Gasteiger charge is 2.01. The van der Waals surface area contributed by atoms with Crippen molar-refractivity contribution in [1.82, 2.24) is 0 Å². The molecule has 96 valence electrons. The summed E-state index contributed by atoms with van der Waals surface area (Å²) in [5.74, 6) is 5.91. The highest BCUT2D eigenvalue weighted by molar-refractivity contribution is 5.33. The zero-order chi connectivity index (χ0) is 13.1. The van der Waals surface area contributed by atoms with Gasteiger partial charge in [0.25, 0.3) is 0 Å². The van der Waals surface area contributed by atoms with E-state index in [0.29, 0.717) is 19.6 Å². The van der Waals surface area contributed by atoms with Gasteiger partial charge in [-0.3, -0.25) is 0 Å². The lowest BCUT2D eigenvalue weighted by molar-refractivity contribution is 0.0212. The van der Waals surface area contributed by atoms with Crippen molar-refractivity contribution in [3.05, 3.63) is 48.7 Å². The van der Waals surface area contributed by atoms with Crippen LogP contribution in [0.25, 0.3) is 0 Å². The van der Waals surface area contributed by atoms with Crippen LogP contribution in [0.1, 0.15) is 12.0 Å². The van der Waals surface area contributed by atoms with Gasteiger partial charge >= 0.3 is 0 Å². The van der Waals surface area contributed by atoms with E-state index >= 15 is 0 Å². The van der Waals surface area contributed by atoms with Gasteiger partial charge in [0.1, 0.15) is 6.61 Å². The van der Waals surface area contributed by atoms with E-state index in [9.17, 15) is 5.11 Å². The Kier molecular flexibility index (Phi) is 7.38. The Morgan fingerprint density at radius 2 is 2.06 bits per heavy atom. The number of aliphatic hydroxyl groups is 1. The molecule has 1 aromatic rings. The Morgan fingerprint density at radius 3 is 2.78 bits per heavy atom. The highest BCUT2D eigenvalue weighted by atomic mass is 16.5. The zero-order valence-electron chi connectivity index (χ0n) is 10.3. The van der Waals surface area contributed by atoms with E-state index in [2.05, 4.69) is 18.4 Å². The molecule has 0 amide bonds.